The standard InChI is InChI=1S/C22H27N/c1-2-7-18(8-3-1)9-6-15-23-16-14-22-20(17-23)13-12-19-10-4-5-11-21(19)22/h1-5,7-8,10-11,20,22H,6,9,12-17H2/t20-,22+/m0/s1. The van der Waals surface area contributed by atoms with Crippen molar-refractivity contribution in [1.29, 1.82) is 0 Å². The molecule has 2 atom stereocenters. The third kappa shape index (κ3) is 3.35. The predicted molar refractivity (Wildman–Crippen MR) is 96.8 cm³/mol. The number of nitrogens with zero attached hydrogens (tertiary/aromatic N) is 1. The molecule has 1 saturated heterocycles. The largest absolute Gasteiger partial charge is 0.303 e. The Morgan fingerprint density at radius 2 is 1.74 bits per heavy atom. The predicted octanol–water partition coefficient (Wildman–Crippen LogP) is 4.67. The van der Waals surface area contributed by atoms with E-state index in [1.165, 1.54) is 57.3 Å². The monoisotopic (exact) mass is 305 g/mol. The number of benzene rings is 2. The summed E-state index contributed by atoms with van der Waals surface area (Å²) in [5, 5.41) is 0. The summed E-state index contributed by atoms with van der Waals surface area (Å²) in [4.78, 5) is 2.72. The van der Waals surface area contributed by atoms with Crippen LogP contribution in [0.4, 0.5) is 0 Å². The Hall–Kier alpha value is -1.60. The highest BCUT2D eigenvalue weighted by molar-refractivity contribution is 5.34. The molecule has 1 fully saturated rings. The third-order valence-electron chi connectivity index (χ3n) is 5.84. The first-order chi connectivity index (χ1) is 11.4. The number of fused-ring (bicyclic) bond motifs is 3. The van der Waals surface area contributed by atoms with Crippen LogP contribution in [0.15, 0.2) is 54.6 Å². The molecule has 0 radical (unpaired) electrons. The fourth-order valence-electron chi connectivity index (χ4n) is 4.63. The lowest BCUT2D eigenvalue weighted by Crippen LogP contribution is -2.41. The van der Waals surface area contributed by atoms with E-state index in [2.05, 4.69) is 59.5 Å². The normalized spacial score (nSPS) is 24.0. The maximum Gasteiger partial charge on any atom is 0.00156 e. The second-order valence-electron chi connectivity index (χ2n) is 7.28. The molecule has 1 nitrogen and oxygen atoms in total. The number of piperidine rings is 1. The minimum atomic E-state index is 0.824. The summed E-state index contributed by atoms with van der Waals surface area (Å²) in [6, 6.07) is 20.1. The molecule has 23 heavy (non-hydrogen) atoms. The molecule has 0 N–H and O–H groups in total. The number of aryl methyl sites for hydroxylation is 2. The lowest BCUT2D eigenvalue weighted by atomic mass is 9.71. The Labute approximate surface area is 140 Å². The van der Waals surface area contributed by atoms with Gasteiger partial charge in [0.15, 0.2) is 0 Å². The van der Waals surface area contributed by atoms with Crippen molar-refractivity contribution in [3.63, 3.8) is 0 Å². The van der Waals surface area contributed by atoms with Crippen LogP contribution in [0.3, 0.4) is 0 Å². The fourth-order valence-corrected chi connectivity index (χ4v) is 4.63. The van der Waals surface area contributed by atoms with Crippen LogP contribution in [0.25, 0.3) is 0 Å². The van der Waals surface area contributed by atoms with Gasteiger partial charge < -0.3 is 4.90 Å². The summed E-state index contributed by atoms with van der Waals surface area (Å²) in [5.74, 6) is 1.71. The number of hydrogen-bond donors (Lipinski definition) is 0. The van der Waals surface area contributed by atoms with Gasteiger partial charge in [0.2, 0.25) is 0 Å². The molecular weight excluding hydrogens is 278 g/mol. The Morgan fingerprint density at radius 3 is 2.65 bits per heavy atom. The first-order valence-electron chi connectivity index (χ1n) is 9.24. The Kier molecular flexibility index (Phi) is 4.48. The summed E-state index contributed by atoms with van der Waals surface area (Å²) < 4.78 is 0. The molecule has 2 aromatic carbocycles. The van der Waals surface area contributed by atoms with Gasteiger partial charge in [-0.05, 0) is 73.7 Å². The molecule has 1 aliphatic heterocycles. The van der Waals surface area contributed by atoms with Crippen LogP contribution in [0, 0.1) is 5.92 Å². The summed E-state index contributed by atoms with van der Waals surface area (Å²) >= 11 is 0. The van der Waals surface area contributed by atoms with Crippen molar-refractivity contribution >= 4 is 0 Å². The Morgan fingerprint density at radius 1 is 0.913 bits per heavy atom. The van der Waals surface area contributed by atoms with Gasteiger partial charge in [0.1, 0.15) is 0 Å². The molecule has 0 bridgehead atoms. The van der Waals surface area contributed by atoms with Gasteiger partial charge in [-0.3, -0.25) is 0 Å². The van der Waals surface area contributed by atoms with E-state index in [9.17, 15) is 0 Å². The van der Waals surface area contributed by atoms with E-state index in [0.29, 0.717) is 0 Å². The molecule has 0 spiro atoms. The molecule has 1 heteroatoms. The van der Waals surface area contributed by atoms with E-state index < -0.39 is 0 Å². The second-order valence-corrected chi connectivity index (χ2v) is 7.28. The molecule has 0 unspecified atom stereocenters. The molecule has 0 amide bonds. The van der Waals surface area contributed by atoms with Crippen LogP contribution < -0.4 is 0 Å². The quantitative estimate of drug-likeness (QED) is 0.793. The molecule has 4 rings (SSSR count). The smallest absolute Gasteiger partial charge is 0.00156 e. The SMILES string of the molecule is c1ccc(CCCN2CC[C@H]3c4ccccc4CC[C@H]3C2)cc1. The van der Waals surface area contributed by atoms with Crippen molar-refractivity contribution < 1.29 is 0 Å². The van der Waals surface area contributed by atoms with Crippen molar-refractivity contribution in [3.05, 3.63) is 71.3 Å². The number of likely N-dealkylation sites (tertiary alicyclic amines) is 1. The van der Waals surface area contributed by atoms with E-state index in [1.54, 1.807) is 11.1 Å². The first-order valence-corrected chi connectivity index (χ1v) is 9.24. The van der Waals surface area contributed by atoms with Crippen LogP contribution >= 0.6 is 0 Å². The molecule has 2 aliphatic rings. The molecular formula is C22H27N. The lowest BCUT2D eigenvalue weighted by molar-refractivity contribution is 0.140. The van der Waals surface area contributed by atoms with Crippen LogP contribution in [0.1, 0.15) is 41.9 Å². The number of hydrogen-bond acceptors (Lipinski definition) is 1. The van der Waals surface area contributed by atoms with Gasteiger partial charge in [-0.1, -0.05) is 54.6 Å². The van der Waals surface area contributed by atoms with Gasteiger partial charge in [-0.2, -0.15) is 0 Å². The molecule has 2 aromatic rings. The zero-order valence-electron chi connectivity index (χ0n) is 14.0. The van der Waals surface area contributed by atoms with E-state index in [4.69, 9.17) is 0 Å². The minimum absolute atomic E-state index is 0.824. The number of rotatable bonds is 4. The zero-order valence-corrected chi connectivity index (χ0v) is 14.0. The Balaban J connectivity index is 1.32. The third-order valence-corrected chi connectivity index (χ3v) is 5.84. The van der Waals surface area contributed by atoms with Gasteiger partial charge in [-0.15, -0.1) is 0 Å². The van der Waals surface area contributed by atoms with Gasteiger partial charge in [0, 0.05) is 6.54 Å². The average Bonchev–Trinajstić information content (AvgIpc) is 2.62. The summed E-state index contributed by atoms with van der Waals surface area (Å²) in [6.07, 6.45) is 6.53. The average molecular weight is 305 g/mol. The van der Waals surface area contributed by atoms with Gasteiger partial charge in [-0.25, -0.2) is 0 Å². The van der Waals surface area contributed by atoms with Crippen LogP contribution in [0.2, 0.25) is 0 Å². The van der Waals surface area contributed by atoms with E-state index in [1.807, 2.05) is 0 Å². The first kappa shape index (κ1) is 15.0. The molecule has 1 heterocycles. The highest BCUT2D eigenvalue weighted by Crippen LogP contribution is 2.41. The highest BCUT2D eigenvalue weighted by Gasteiger charge is 2.33. The van der Waals surface area contributed by atoms with Crippen molar-refractivity contribution in [3.8, 4) is 0 Å². The molecule has 1 aliphatic carbocycles. The topological polar surface area (TPSA) is 3.24 Å². The maximum atomic E-state index is 2.72. The van der Waals surface area contributed by atoms with Gasteiger partial charge >= 0.3 is 0 Å². The van der Waals surface area contributed by atoms with Crippen molar-refractivity contribution in [2.24, 2.45) is 5.92 Å². The summed E-state index contributed by atoms with van der Waals surface area (Å²) in [5.41, 5.74) is 4.76. The maximum absolute atomic E-state index is 2.72. The molecule has 120 valence electrons. The second kappa shape index (κ2) is 6.88. The lowest BCUT2D eigenvalue weighted by Gasteiger charge is -2.42. The molecule has 0 aromatic heterocycles. The summed E-state index contributed by atoms with van der Waals surface area (Å²) in [7, 11) is 0. The van der Waals surface area contributed by atoms with E-state index in [-0.39, 0.29) is 0 Å². The fraction of sp³-hybridized carbons (Fsp3) is 0.455. The molecule has 0 saturated carbocycles. The zero-order chi connectivity index (χ0) is 15.5. The van der Waals surface area contributed by atoms with Crippen molar-refractivity contribution in [2.75, 3.05) is 19.6 Å². The van der Waals surface area contributed by atoms with Crippen LogP contribution in [0.5, 0.6) is 0 Å². The van der Waals surface area contributed by atoms with Crippen LogP contribution in [-0.2, 0) is 12.8 Å². The van der Waals surface area contributed by atoms with Gasteiger partial charge in [0.05, 0.1) is 0 Å². The van der Waals surface area contributed by atoms with Crippen molar-refractivity contribution in [2.45, 2.75) is 38.0 Å². The van der Waals surface area contributed by atoms with Crippen molar-refractivity contribution in [1.82, 2.24) is 4.90 Å². The van der Waals surface area contributed by atoms with E-state index in [0.717, 1.165) is 11.8 Å². The van der Waals surface area contributed by atoms with Crippen LogP contribution in [-0.4, -0.2) is 24.5 Å². The van der Waals surface area contributed by atoms with E-state index >= 15 is 0 Å². The summed E-state index contributed by atoms with van der Waals surface area (Å²) in [6.45, 7) is 3.86. The highest BCUT2D eigenvalue weighted by atomic mass is 15.1. The Bertz CT molecular complexity index is 633. The van der Waals surface area contributed by atoms with Gasteiger partial charge in [0.25, 0.3) is 0 Å². The minimum Gasteiger partial charge on any atom is -0.303 e.